The predicted octanol–water partition coefficient (Wildman–Crippen LogP) is 3.77. The van der Waals surface area contributed by atoms with Gasteiger partial charge in [-0.05, 0) is 56.4 Å². The van der Waals surface area contributed by atoms with Crippen molar-refractivity contribution in [2.24, 2.45) is 11.0 Å². The van der Waals surface area contributed by atoms with Crippen molar-refractivity contribution in [3.8, 4) is 0 Å². The maximum Gasteiger partial charge on any atom is 0.226 e. The number of amides is 1. The van der Waals surface area contributed by atoms with Crippen LogP contribution in [0.5, 0.6) is 0 Å². The number of allylic oxidation sites excluding steroid dienone is 2. The van der Waals surface area contributed by atoms with Gasteiger partial charge >= 0.3 is 0 Å². The molecule has 5 nitrogen and oxygen atoms in total. The molecule has 1 fully saturated rings. The van der Waals surface area contributed by atoms with Crippen LogP contribution < -0.4 is 0 Å². The van der Waals surface area contributed by atoms with Crippen molar-refractivity contribution >= 4 is 5.91 Å². The Morgan fingerprint density at radius 2 is 2.26 bits per heavy atom. The Morgan fingerprint density at radius 1 is 1.42 bits per heavy atom. The molecule has 0 aromatic rings. The minimum absolute atomic E-state index is 0.249. The number of carbonyl (C=O) groups is 1. The first kappa shape index (κ1) is 13.9. The Kier molecular flexibility index (Phi) is 5.28. The van der Waals surface area contributed by atoms with Crippen molar-refractivity contribution in [2.45, 2.75) is 51.4 Å². The van der Waals surface area contributed by atoms with E-state index in [0.29, 0.717) is 18.9 Å². The number of likely N-dealkylation sites (tertiary alicyclic amines) is 1. The molecule has 0 spiro atoms. The highest BCUT2D eigenvalue weighted by atomic mass is 16.2. The number of carbonyl (C=O) groups excluding carboxylic acids is 1. The Labute approximate surface area is 114 Å². The summed E-state index contributed by atoms with van der Waals surface area (Å²) in [6.07, 6.45) is 10.5. The molecule has 1 aliphatic carbocycles. The minimum atomic E-state index is 0.249. The predicted molar refractivity (Wildman–Crippen MR) is 74.2 cm³/mol. The number of piperidine rings is 1. The zero-order chi connectivity index (χ0) is 13.5. The number of hydrogen-bond donors (Lipinski definition) is 0. The fourth-order valence-corrected chi connectivity index (χ4v) is 3.08. The summed E-state index contributed by atoms with van der Waals surface area (Å²) < 4.78 is 0. The average Bonchev–Trinajstić information content (AvgIpc) is 2.46. The SMILES string of the molecule is [N-]=[N+]=NCCCCC(=O)N1CCCC2CCCC=C21. The molecule has 0 radical (unpaired) electrons. The lowest BCUT2D eigenvalue weighted by Gasteiger charge is -2.38. The smallest absolute Gasteiger partial charge is 0.226 e. The lowest BCUT2D eigenvalue weighted by atomic mass is 9.85. The number of azide groups is 1. The fourth-order valence-electron chi connectivity index (χ4n) is 3.08. The topological polar surface area (TPSA) is 69.1 Å². The number of nitrogens with zero attached hydrogens (tertiary/aromatic N) is 4. The van der Waals surface area contributed by atoms with E-state index >= 15 is 0 Å². The normalized spacial score (nSPS) is 22.2. The maximum absolute atomic E-state index is 12.3. The van der Waals surface area contributed by atoms with Gasteiger partial charge in [0.1, 0.15) is 0 Å². The molecule has 104 valence electrons. The summed E-state index contributed by atoms with van der Waals surface area (Å²) >= 11 is 0. The number of unbranched alkanes of at least 4 members (excludes halogenated alkanes) is 1. The van der Waals surface area contributed by atoms with Gasteiger partial charge in [0, 0.05) is 30.1 Å². The van der Waals surface area contributed by atoms with Gasteiger partial charge in [-0.15, -0.1) is 0 Å². The quantitative estimate of drug-likeness (QED) is 0.322. The van der Waals surface area contributed by atoms with Crippen LogP contribution in [0.2, 0.25) is 0 Å². The monoisotopic (exact) mass is 262 g/mol. The molecule has 19 heavy (non-hydrogen) atoms. The third kappa shape index (κ3) is 3.74. The first-order valence-electron chi connectivity index (χ1n) is 7.34. The third-order valence-corrected chi connectivity index (χ3v) is 4.04. The minimum Gasteiger partial charge on any atom is -0.316 e. The lowest BCUT2D eigenvalue weighted by molar-refractivity contribution is -0.130. The molecule has 1 unspecified atom stereocenters. The fraction of sp³-hybridized carbons (Fsp3) is 0.786. The van der Waals surface area contributed by atoms with Gasteiger partial charge in [0.05, 0.1) is 0 Å². The Balaban J connectivity index is 1.83. The van der Waals surface area contributed by atoms with Crippen molar-refractivity contribution in [3.63, 3.8) is 0 Å². The Hall–Kier alpha value is -1.48. The third-order valence-electron chi connectivity index (χ3n) is 4.04. The second-order valence-corrected chi connectivity index (χ2v) is 5.36. The van der Waals surface area contributed by atoms with E-state index < -0.39 is 0 Å². The summed E-state index contributed by atoms with van der Waals surface area (Å²) in [5, 5.41) is 3.49. The number of fused-ring (bicyclic) bond motifs is 1. The van der Waals surface area contributed by atoms with Gasteiger partial charge in [-0.1, -0.05) is 11.2 Å². The zero-order valence-corrected chi connectivity index (χ0v) is 11.4. The van der Waals surface area contributed by atoms with Crippen molar-refractivity contribution in [3.05, 3.63) is 22.2 Å². The van der Waals surface area contributed by atoms with E-state index in [9.17, 15) is 4.79 Å². The van der Waals surface area contributed by atoms with Crippen LogP contribution in [0.25, 0.3) is 10.4 Å². The zero-order valence-electron chi connectivity index (χ0n) is 11.4. The first-order valence-corrected chi connectivity index (χ1v) is 7.34. The molecule has 0 saturated carbocycles. The van der Waals surface area contributed by atoms with Crippen LogP contribution in [0.15, 0.2) is 16.9 Å². The average molecular weight is 262 g/mol. The van der Waals surface area contributed by atoms with E-state index in [2.05, 4.69) is 16.1 Å². The van der Waals surface area contributed by atoms with Crippen LogP contribution in [0.3, 0.4) is 0 Å². The highest BCUT2D eigenvalue weighted by Gasteiger charge is 2.29. The molecule has 0 N–H and O–H groups in total. The molecule has 1 atom stereocenters. The summed E-state index contributed by atoms with van der Waals surface area (Å²) in [5.41, 5.74) is 9.47. The lowest BCUT2D eigenvalue weighted by Crippen LogP contribution is -2.38. The van der Waals surface area contributed by atoms with E-state index in [1.54, 1.807) is 0 Å². The van der Waals surface area contributed by atoms with Crippen LogP contribution in [0, 0.1) is 5.92 Å². The van der Waals surface area contributed by atoms with Gasteiger partial charge in [-0.2, -0.15) is 0 Å². The summed E-state index contributed by atoms with van der Waals surface area (Å²) in [6, 6.07) is 0. The molecule has 1 amide bonds. The summed E-state index contributed by atoms with van der Waals surface area (Å²) in [7, 11) is 0. The molecule has 1 heterocycles. The van der Waals surface area contributed by atoms with Gasteiger partial charge in [0.15, 0.2) is 0 Å². The van der Waals surface area contributed by atoms with Crippen LogP contribution in [0.1, 0.15) is 51.4 Å². The van der Waals surface area contributed by atoms with Gasteiger partial charge in [-0.25, -0.2) is 0 Å². The van der Waals surface area contributed by atoms with Gasteiger partial charge in [-0.3, -0.25) is 4.79 Å². The van der Waals surface area contributed by atoms with E-state index in [-0.39, 0.29) is 5.91 Å². The van der Waals surface area contributed by atoms with Crippen LogP contribution >= 0.6 is 0 Å². The molecule has 0 bridgehead atoms. The molecule has 1 saturated heterocycles. The number of hydrogen-bond acceptors (Lipinski definition) is 2. The molecule has 0 aromatic heterocycles. The van der Waals surface area contributed by atoms with Crippen molar-refractivity contribution in [2.75, 3.05) is 13.1 Å². The Bertz CT molecular complexity index is 398. The molecular formula is C14H22N4O. The van der Waals surface area contributed by atoms with E-state index in [4.69, 9.17) is 5.53 Å². The summed E-state index contributed by atoms with van der Waals surface area (Å²) in [5.74, 6) is 0.869. The van der Waals surface area contributed by atoms with Gasteiger partial charge in [0.25, 0.3) is 0 Å². The Morgan fingerprint density at radius 3 is 3.11 bits per heavy atom. The van der Waals surface area contributed by atoms with Gasteiger partial charge < -0.3 is 4.90 Å². The molecule has 5 heteroatoms. The summed E-state index contributed by atoms with van der Waals surface area (Å²) in [6.45, 7) is 1.38. The molecule has 1 aliphatic heterocycles. The van der Waals surface area contributed by atoms with E-state index in [0.717, 1.165) is 32.2 Å². The first-order chi connectivity index (χ1) is 9.33. The highest BCUT2D eigenvalue weighted by Crippen LogP contribution is 2.35. The van der Waals surface area contributed by atoms with Crippen molar-refractivity contribution < 1.29 is 4.79 Å². The molecule has 2 aliphatic rings. The van der Waals surface area contributed by atoms with E-state index in [1.165, 1.54) is 25.0 Å². The maximum atomic E-state index is 12.3. The molecule has 0 aromatic carbocycles. The van der Waals surface area contributed by atoms with Crippen LogP contribution in [-0.2, 0) is 4.79 Å². The van der Waals surface area contributed by atoms with Crippen molar-refractivity contribution in [1.82, 2.24) is 4.90 Å². The standard InChI is InChI=1S/C14H22N4O/c15-17-16-10-4-3-9-14(19)18-11-5-7-12-6-1-2-8-13(12)18/h8,12H,1-7,9-11H2. The molecular weight excluding hydrogens is 240 g/mol. The number of rotatable bonds is 5. The largest absolute Gasteiger partial charge is 0.316 e. The van der Waals surface area contributed by atoms with Crippen LogP contribution in [-0.4, -0.2) is 23.9 Å². The van der Waals surface area contributed by atoms with E-state index in [1.807, 2.05) is 4.90 Å². The second kappa shape index (κ2) is 7.19. The van der Waals surface area contributed by atoms with Gasteiger partial charge in [0.2, 0.25) is 5.91 Å². The van der Waals surface area contributed by atoms with Crippen LogP contribution in [0.4, 0.5) is 0 Å². The van der Waals surface area contributed by atoms with Crippen molar-refractivity contribution in [1.29, 1.82) is 0 Å². The summed E-state index contributed by atoms with van der Waals surface area (Å²) in [4.78, 5) is 17.0. The molecule has 2 rings (SSSR count). The highest BCUT2D eigenvalue weighted by molar-refractivity contribution is 5.78. The second-order valence-electron chi connectivity index (χ2n) is 5.36.